The Morgan fingerprint density at radius 1 is 1.42 bits per heavy atom. The zero-order chi connectivity index (χ0) is 14.8. The van der Waals surface area contributed by atoms with E-state index in [0.29, 0.717) is 0 Å². The fourth-order valence-electron chi connectivity index (χ4n) is 1.67. The van der Waals surface area contributed by atoms with Gasteiger partial charge in [-0.25, -0.2) is 4.79 Å². The van der Waals surface area contributed by atoms with Crippen molar-refractivity contribution in [2.75, 3.05) is 13.1 Å². The summed E-state index contributed by atoms with van der Waals surface area (Å²) >= 11 is 0. The predicted octanol–water partition coefficient (Wildman–Crippen LogP) is 1.53. The van der Waals surface area contributed by atoms with Crippen LogP contribution >= 0.6 is 0 Å². The maximum Gasteiger partial charge on any atom is 0.407 e. The normalized spacial score (nSPS) is 22.0. The Morgan fingerprint density at radius 2 is 2.00 bits per heavy atom. The van der Waals surface area contributed by atoms with Crippen LogP contribution in [0.15, 0.2) is 0 Å². The summed E-state index contributed by atoms with van der Waals surface area (Å²) in [4.78, 5) is 35.5. The van der Waals surface area contributed by atoms with Crippen LogP contribution in [0.4, 0.5) is 4.79 Å². The molecule has 0 aliphatic carbocycles. The van der Waals surface area contributed by atoms with E-state index in [1.54, 1.807) is 6.92 Å². The summed E-state index contributed by atoms with van der Waals surface area (Å²) in [5.41, 5.74) is -0.194. The van der Waals surface area contributed by atoms with Gasteiger partial charge in [-0.1, -0.05) is 20.8 Å². The maximum absolute atomic E-state index is 11.9. The zero-order valence-electron chi connectivity index (χ0n) is 11.8. The minimum absolute atomic E-state index is 0.185. The summed E-state index contributed by atoms with van der Waals surface area (Å²) in [5, 5.41) is 8.79. The van der Waals surface area contributed by atoms with Gasteiger partial charge in [-0.15, -0.1) is 0 Å². The van der Waals surface area contributed by atoms with Crippen LogP contribution in [0.25, 0.3) is 0 Å². The molecule has 0 radical (unpaired) electrons. The highest BCUT2D eigenvalue weighted by Crippen LogP contribution is 2.24. The van der Waals surface area contributed by atoms with E-state index in [-0.39, 0.29) is 36.8 Å². The predicted molar refractivity (Wildman–Crippen MR) is 67.7 cm³/mol. The number of esters is 1. The third-order valence-corrected chi connectivity index (χ3v) is 3.49. The number of piperidine rings is 1. The lowest BCUT2D eigenvalue weighted by atomic mass is 9.89. The number of Topliss-reactive ketones (excluding diaryl/α,β-unsaturated/α-hetero) is 1. The molecular formula is C13H21NO5. The number of carbonyl (C=O) groups is 3. The molecule has 0 aromatic carbocycles. The van der Waals surface area contributed by atoms with Crippen molar-refractivity contribution in [3.63, 3.8) is 0 Å². The molecule has 0 saturated carbocycles. The van der Waals surface area contributed by atoms with Crippen molar-refractivity contribution in [2.24, 2.45) is 11.3 Å². The van der Waals surface area contributed by atoms with Crippen molar-refractivity contribution in [1.29, 1.82) is 0 Å². The van der Waals surface area contributed by atoms with E-state index in [2.05, 4.69) is 0 Å². The number of ether oxygens (including phenoxy) is 1. The molecule has 1 unspecified atom stereocenters. The summed E-state index contributed by atoms with van der Waals surface area (Å²) in [6.45, 7) is 7.57. The van der Waals surface area contributed by atoms with Crippen LogP contribution in [0.3, 0.4) is 0 Å². The second kappa shape index (κ2) is 5.59. The lowest BCUT2D eigenvalue weighted by molar-refractivity contribution is -0.162. The minimum Gasteiger partial charge on any atom is -0.465 e. The second-order valence-electron chi connectivity index (χ2n) is 5.96. The average Bonchev–Trinajstić information content (AvgIpc) is 2.26. The maximum atomic E-state index is 11.9. The molecule has 1 saturated heterocycles. The van der Waals surface area contributed by atoms with Crippen LogP contribution in [-0.4, -0.2) is 47.0 Å². The quantitative estimate of drug-likeness (QED) is 0.608. The van der Waals surface area contributed by atoms with Gasteiger partial charge in [0, 0.05) is 6.54 Å². The number of amides is 1. The third kappa shape index (κ3) is 3.94. The molecule has 1 N–H and O–H groups in total. The number of rotatable bonds is 2. The average molecular weight is 271 g/mol. The highest BCUT2D eigenvalue weighted by Gasteiger charge is 2.37. The number of nitrogens with zero attached hydrogens (tertiary/aromatic N) is 1. The Bertz CT molecular complexity index is 385. The van der Waals surface area contributed by atoms with Crippen LogP contribution in [0.1, 0.15) is 34.1 Å². The Kier molecular flexibility index (Phi) is 4.55. The summed E-state index contributed by atoms with van der Waals surface area (Å²) in [7, 11) is 0. The number of likely N-dealkylation sites (tertiary alicyclic amines) is 1. The molecule has 2 atom stereocenters. The van der Waals surface area contributed by atoms with E-state index in [4.69, 9.17) is 9.84 Å². The first-order valence-electron chi connectivity index (χ1n) is 6.34. The number of carboxylic acid groups (broad SMARTS) is 1. The van der Waals surface area contributed by atoms with Gasteiger partial charge in [0.15, 0.2) is 5.78 Å². The van der Waals surface area contributed by atoms with E-state index in [9.17, 15) is 14.4 Å². The first kappa shape index (κ1) is 15.5. The highest BCUT2D eigenvalue weighted by atomic mass is 16.5. The van der Waals surface area contributed by atoms with Crippen molar-refractivity contribution in [2.45, 2.75) is 40.2 Å². The monoisotopic (exact) mass is 271 g/mol. The molecular weight excluding hydrogens is 250 g/mol. The Balaban J connectivity index is 2.60. The topological polar surface area (TPSA) is 83.9 Å². The summed E-state index contributed by atoms with van der Waals surface area (Å²) < 4.78 is 5.29. The first-order chi connectivity index (χ1) is 8.62. The minimum atomic E-state index is -1.14. The van der Waals surface area contributed by atoms with E-state index in [0.717, 1.165) is 4.90 Å². The van der Waals surface area contributed by atoms with Gasteiger partial charge in [0.05, 0.1) is 6.54 Å². The molecule has 0 aromatic heterocycles. The number of hydrogen-bond acceptors (Lipinski definition) is 4. The molecule has 19 heavy (non-hydrogen) atoms. The van der Waals surface area contributed by atoms with Gasteiger partial charge < -0.3 is 14.7 Å². The molecule has 108 valence electrons. The van der Waals surface area contributed by atoms with Crippen LogP contribution in [-0.2, 0) is 14.3 Å². The van der Waals surface area contributed by atoms with Crippen LogP contribution in [0.5, 0.6) is 0 Å². The lowest BCUT2D eigenvalue weighted by Crippen LogP contribution is -2.47. The molecule has 1 heterocycles. The van der Waals surface area contributed by atoms with Crippen LogP contribution in [0, 0.1) is 11.3 Å². The van der Waals surface area contributed by atoms with Crippen molar-refractivity contribution in [1.82, 2.24) is 4.90 Å². The Hall–Kier alpha value is -1.59. The Labute approximate surface area is 112 Å². The highest BCUT2D eigenvalue weighted by molar-refractivity contribution is 6.01. The molecule has 0 bridgehead atoms. The van der Waals surface area contributed by atoms with Gasteiger partial charge in [-0.3, -0.25) is 9.59 Å². The zero-order valence-corrected chi connectivity index (χ0v) is 11.8. The molecule has 0 spiro atoms. The smallest absolute Gasteiger partial charge is 0.407 e. The number of carbonyl (C=O) groups excluding carboxylic acids is 2. The number of hydrogen-bond donors (Lipinski definition) is 1. The van der Waals surface area contributed by atoms with Gasteiger partial charge in [0.2, 0.25) is 0 Å². The first-order valence-corrected chi connectivity index (χ1v) is 6.34. The third-order valence-electron chi connectivity index (χ3n) is 3.49. The van der Waals surface area contributed by atoms with Gasteiger partial charge in [-0.2, -0.15) is 0 Å². The van der Waals surface area contributed by atoms with Crippen molar-refractivity contribution < 1.29 is 24.2 Å². The molecule has 1 aliphatic rings. The largest absolute Gasteiger partial charge is 0.465 e. The molecule has 1 fully saturated rings. The lowest BCUT2D eigenvalue weighted by Gasteiger charge is -2.31. The summed E-state index contributed by atoms with van der Waals surface area (Å²) in [5.74, 6) is -1.77. The SMILES string of the molecule is C[C@@H](OC(=O)C1CCN(C(=O)O)CC1=O)C(C)(C)C. The fourth-order valence-corrected chi connectivity index (χ4v) is 1.67. The standard InChI is InChI=1S/C13H21NO5/c1-8(13(2,3)4)19-11(16)9-5-6-14(12(17)18)7-10(9)15/h8-9H,5-7H2,1-4H3,(H,17,18)/t8-,9?/m1/s1. The van der Waals surface area contributed by atoms with Gasteiger partial charge in [0.1, 0.15) is 12.0 Å². The van der Waals surface area contributed by atoms with Crippen LogP contribution in [0.2, 0.25) is 0 Å². The van der Waals surface area contributed by atoms with Gasteiger partial charge in [0.25, 0.3) is 0 Å². The molecule has 1 rings (SSSR count). The Morgan fingerprint density at radius 3 is 2.42 bits per heavy atom. The van der Waals surface area contributed by atoms with Crippen molar-refractivity contribution in [3.8, 4) is 0 Å². The summed E-state index contributed by atoms with van der Waals surface area (Å²) in [6.07, 6.45) is -1.24. The van der Waals surface area contributed by atoms with Crippen molar-refractivity contribution in [3.05, 3.63) is 0 Å². The van der Waals surface area contributed by atoms with E-state index >= 15 is 0 Å². The van der Waals surface area contributed by atoms with E-state index in [1.807, 2.05) is 20.8 Å². The van der Waals surface area contributed by atoms with Gasteiger partial charge >= 0.3 is 12.1 Å². The second-order valence-corrected chi connectivity index (χ2v) is 5.96. The van der Waals surface area contributed by atoms with E-state index < -0.39 is 18.0 Å². The molecule has 6 nitrogen and oxygen atoms in total. The molecule has 6 heteroatoms. The fraction of sp³-hybridized carbons (Fsp3) is 0.769. The molecule has 1 amide bonds. The van der Waals surface area contributed by atoms with Gasteiger partial charge in [-0.05, 0) is 18.8 Å². The van der Waals surface area contributed by atoms with Crippen LogP contribution < -0.4 is 0 Å². The molecule has 1 aliphatic heterocycles. The number of ketones is 1. The summed E-state index contributed by atoms with van der Waals surface area (Å²) in [6, 6.07) is 0. The van der Waals surface area contributed by atoms with E-state index in [1.165, 1.54) is 0 Å². The molecule has 0 aromatic rings. The van der Waals surface area contributed by atoms with Crippen molar-refractivity contribution >= 4 is 17.8 Å².